The van der Waals surface area contributed by atoms with E-state index in [1.54, 1.807) is 11.0 Å². The summed E-state index contributed by atoms with van der Waals surface area (Å²) in [6.45, 7) is 0.590. The van der Waals surface area contributed by atoms with Crippen molar-refractivity contribution < 1.29 is 14.3 Å². The molecule has 1 heterocycles. The summed E-state index contributed by atoms with van der Waals surface area (Å²) in [5.41, 5.74) is 0.325. The lowest BCUT2D eigenvalue weighted by Gasteiger charge is -2.23. The van der Waals surface area contributed by atoms with Crippen molar-refractivity contribution in [1.29, 1.82) is 0 Å². The third kappa shape index (κ3) is 2.50. The van der Waals surface area contributed by atoms with Crippen LogP contribution in [0.25, 0.3) is 0 Å². The third-order valence-electron chi connectivity index (χ3n) is 3.02. The summed E-state index contributed by atoms with van der Waals surface area (Å²) in [4.78, 5) is 13.7. The van der Waals surface area contributed by atoms with Crippen LogP contribution in [0.1, 0.15) is 23.2 Å². The Morgan fingerprint density at radius 3 is 3.00 bits per heavy atom. The lowest BCUT2D eigenvalue weighted by molar-refractivity contribution is 0.0677. The van der Waals surface area contributed by atoms with Crippen LogP contribution in [0.15, 0.2) is 22.7 Å². The zero-order valence-corrected chi connectivity index (χ0v) is 10.8. The summed E-state index contributed by atoms with van der Waals surface area (Å²) >= 11 is 3.05. The van der Waals surface area contributed by atoms with E-state index in [2.05, 4.69) is 15.9 Å². The van der Waals surface area contributed by atoms with E-state index in [1.165, 1.54) is 12.1 Å². The summed E-state index contributed by atoms with van der Waals surface area (Å²) in [6.07, 6.45) is 1.69. The van der Waals surface area contributed by atoms with Gasteiger partial charge in [0.05, 0.1) is 17.1 Å². The standard InChI is InChI=1S/C12H13BrFNO2/c13-10-4-3-8(6-11(10)14)12(17)15-5-1-2-9(15)7-16/h3-4,6,9,16H,1-2,5,7H2. The van der Waals surface area contributed by atoms with Crippen LogP contribution in [0, 0.1) is 5.82 Å². The van der Waals surface area contributed by atoms with Crippen molar-refractivity contribution >= 4 is 21.8 Å². The first-order valence-corrected chi connectivity index (χ1v) is 6.29. The Balaban J connectivity index is 2.21. The Kier molecular flexibility index (Phi) is 3.79. The summed E-state index contributed by atoms with van der Waals surface area (Å²) in [5.74, 6) is -0.663. The van der Waals surface area contributed by atoms with Gasteiger partial charge in [-0.25, -0.2) is 4.39 Å². The minimum Gasteiger partial charge on any atom is -0.394 e. The van der Waals surface area contributed by atoms with Gasteiger partial charge in [0, 0.05) is 12.1 Å². The average Bonchev–Trinajstić information content (AvgIpc) is 2.80. The van der Waals surface area contributed by atoms with Gasteiger partial charge in [0.25, 0.3) is 5.91 Å². The zero-order valence-electron chi connectivity index (χ0n) is 9.20. The van der Waals surface area contributed by atoms with E-state index < -0.39 is 5.82 Å². The van der Waals surface area contributed by atoms with Crippen molar-refractivity contribution in [3.05, 3.63) is 34.1 Å². The first-order chi connectivity index (χ1) is 8.13. The molecule has 3 nitrogen and oxygen atoms in total. The van der Waals surface area contributed by atoms with Gasteiger partial charge in [-0.05, 0) is 47.0 Å². The molecule has 17 heavy (non-hydrogen) atoms. The quantitative estimate of drug-likeness (QED) is 0.910. The minimum atomic E-state index is -0.449. The highest BCUT2D eigenvalue weighted by Gasteiger charge is 2.28. The first kappa shape index (κ1) is 12.5. The van der Waals surface area contributed by atoms with Crippen LogP contribution >= 0.6 is 15.9 Å². The lowest BCUT2D eigenvalue weighted by Crippen LogP contribution is -2.37. The normalized spacial score (nSPS) is 19.7. The maximum Gasteiger partial charge on any atom is 0.254 e. The maximum atomic E-state index is 13.3. The first-order valence-electron chi connectivity index (χ1n) is 5.50. The molecule has 1 fully saturated rings. The number of amides is 1. The van der Waals surface area contributed by atoms with Gasteiger partial charge >= 0.3 is 0 Å². The number of nitrogens with zero attached hydrogens (tertiary/aromatic N) is 1. The average molecular weight is 302 g/mol. The molecule has 0 spiro atoms. The Labute approximate surface area is 107 Å². The monoisotopic (exact) mass is 301 g/mol. The van der Waals surface area contributed by atoms with E-state index in [1.807, 2.05) is 0 Å². The lowest BCUT2D eigenvalue weighted by atomic mass is 10.1. The molecular formula is C12H13BrFNO2. The van der Waals surface area contributed by atoms with Crippen molar-refractivity contribution in [3.63, 3.8) is 0 Å². The van der Waals surface area contributed by atoms with Crippen LogP contribution in [-0.2, 0) is 0 Å². The van der Waals surface area contributed by atoms with E-state index in [9.17, 15) is 9.18 Å². The Morgan fingerprint density at radius 1 is 1.59 bits per heavy atom. The van der Waals surface area contributed by atoms with Crippen LogP contribution < -0.4 is 0 Å². The smallest absolute Gasteiger partial charge is 0.254 e. The van der Waals surface area contributed by atoms with Gasteiger partial charge in [0.1, 0.15) is 5.82 Å². The van der Waals surface area contributed by atoms with Gasteiger partial charge in [-0.2, -0.15) is 0 Å². The second kappa shape index (κ2) is 5.14. The second-order valence-corrected chi connectivity index (χ2v) is 4.96. The van der Waals surface area contributed by atoms with E-state index in [-0.39, 0.29) is 18.6 Å². The fraction of sp³-hybridized carbons (Fsp3) is 0.417. The van der Waals surface area contributed by atoms with Gasteiger partial charge in [0.15, 0.2) is 0 Å². The number of aliphatic hydroxyl groups excluding tert-OH is 1. The zero-order chi connectivity index (χ0) is 12.4. The van der Waals surface area contributed by atoms with Crippen LogP contribution in [0.2, 0.25) is 0 Å². The molecule has 1 atom stereocenters. The number of carbonyl (C=O) groups is 1. The molecule has 0 aromatic heterocycles. The fourth-order valence-corrected chi connectivity index (χ4v) is 2.33. The second-order valence-electron chi connectivity index (χ2n) is 4.11. The summed E-state index contributed by atoms with van der Waals surface area (Å²) in [6, 6.07) is 4.20. The molecule has 1 saturated heterocycles. The van der Waals surface area contributed by atoms with E-state index in [0.29, 0.717) is 16.6 Å². The molecule has 1 aromatic rings. The van der Waals surface area contributed by atoms with Gasteiger partial charge in [-0.1, -0.05) is 0 Å². The molecule has 0 aliphatic carbocycles. The van der Waals surface area contributed by atoms with Crippen molar-refractivity contribution in [1.82, 2.24) is 4.90 Å². The van der Waals surface area contributed by atoms with Crippen molar-refractivity contribution in [2.75, 3.05) is 13.2 Å². The van der Waals surface area contributed by atoms with Crippen LogP contribution in [0.5, 0.6) is 0 Å². The maximum absolute atomic E-state index is 13.3. The van der Waals surface area contributed by atoms with E-state index >= 15 is 0 Å². The van der Waals surface area contributed by atoms with Crippen molar-refractivity contribution in [2.24, 2.45) is 0 Å². The molecule has 2 rings (SSSR count). The molecule has 0 saturated carbocycles. The van der Waals surface area contributed by atoms with E-state index in [0.717, 1.165) is 12.8 Å². The molecule has 5 heteroatoms. The molecule has 1 aromatic carbocycles. The fourth-order valence-electron chi connectivity index (χ4n) is 2.09. The molecule has 1 amide bonds. The van der Waals surface area contributed by atoms with Crippen LogP contribution in [0.4, 0.5) is 4.39 Å². The number of rotatable bonds is 2. The topological polar surface area (TPSA) is 40.5 Å². The minimum absolute atomic E-state index is 0.0370. The highest BCUT2D eigenvalue weighted by molar-refractivity contribution is 9.10. The van der Waals surface area contributed by atoms with Gasteiger partial charge in [0.2, 0.25) is 0 Å². The molecule has 0 bridgehead atoms. The van der Waals surface area contributed by atoms with Crippen LogP contribution in [0.3, 0.4) is 0 Å². The number of aliphatic hydroxyl groups is 1. The largest absolute Gasteiger partial charge is 0.394 e. The number of benzene rings is 1. The third-order valence-corrected chi connectivity index (χ3v) is 3.66. The summed E-state index contributed by atoms with van der Waals surface area (Å²) in [5, 5.41) is 9.16. The Bertz CT molecular complexity index is 439. The molecule has 1 N–H and O–H groups in total. The van der Waals surface area contributed by atoms with Crippen LogP contribution in [-0.4, -0.2) is 35.1 Å². The Hall–Kier alpha value is -0.940. The highest BCUT2D eigenvalue weighted by atomic mass is 79.9. The predicted molar refractivity (Wildman–Crippen MR) is 65.2 cm³/mol. The van der Waals surface area contributed by atoms with Gasteiger partial charge in [-0.3, -0.25) is 4.79 Å². The van der Waals surface area contributed by atoms with Gasteiger partial charge in [-0.15, -0.1) is 0 Å². The Morgan fingerprint density at radius 2 is 2.35 bits per heavy atom. The number of hydrogen-bond acceptors (Lipinski definition) is 2. The van der Waals surface area contributed by atoms with Gasteiger partial charge < -0.3 is 10.0 Å². The molecule has 1 aliphatic heterocycles. The number of halogens is 2. The predicted octanol–water partition coefficient (Wildman–Crippen LogP) is 2.19. The van der Waals surface area contributed by atoms with Crippen molar-refractivity contribution in [2.45, 2.75) is 18.9 Å². The number of likely N-dealkylation sites (tertiary alicyclic amines) is 1. The molecule has 1 aliphatic rings. The molecule has 92 valence electrons. The summed E-state index contributed by atoms with van der Waals surface area (Å²) in [7, 11) is 0. The van der Waals surface area contributed by atoms with Crippen molar-refractivity contribution in [3.8, 4) is 0 Å². The molecular weight excluding hydrogens is 289 g/mol. The SMILES string of the molecule is O=C(c1ccc(Br)c(F)c1)N1CCCC1CO. The summed E-state index contributed by atoms with van der Waals surface area (Å²) < 4.78 is 13.7. The molecule has 1 unspecified atom stereocenters. The number of hydrogen-bond donors (Lipinski definition) is 1. The van der Waals surface area contributed by atoms with E-state index in [4.69, 9.17) is 5.11 Å². The molecule has 0 radical (unpaired) electrons. The highest BCUT2D eigenvalue weighted by Crippen LogP contribution is 2.22. The number of carbonyl (C=O) groups excluding carboxylic acids is 1.